The van der Waals surface area contributed by atoms with Crippen molar-refractivity contribution in [1.29, 1.82) is 0 Å². The van der Waals surface area contributed by atoms with E-state index < -0.39 is 17.8 Å². The maximum Gasteiger partial charge on any atom is 0.336 e. The fourth-order valence-corrected chi connectivity index (χ4v) is 1.53. The molecule has 0 saturated heterocycles. The highest BCUT2D eigenvalue weighted by Gasteiger charge is 2.26. The average Bonchev–Trinajstić information content (AvgIpc) is 2.36. The third-order valence-corrected chi connectivity index (χ3v) is 2.34. The van der Waals surface area contributed by atoms with E-state index in [0.717, 1.165) is 6.07 Å². The molecule has 0 aliphatic heterocycles. The van der Waals surface area contributed by atoms with Crippen LogP contribution < -0.4 is 9.47 Å². The normalized spacial score (nSPS) is 11.4. The van der Waals surface area contributed by atoms with Gasteiger partial charge < -0.3 is 24.8 Å². The Morgan fingerprint density at radius 2 is 2.06 bits per heavy atom. The minimum absolute atomic E-state index is 0.0859. The second-order valence-corrected chi connectivity index (χ2v) is 3.30. The van der Waals surface area contributed by atoms with Crippen LogP contribution in [0.1, 0.15) is 22.0 Å². The number of rotatable bonds is 4. The number of phenolic OH excluding ortho intramolecular Hbond substituents is 1. The molecule has 1 aromatic carbocycles. The highest BCUT2D eigenvalue weighted by molar-refractivity contribution is 5.92. The van der Waals surface area contributed by atoms with Crippen molar-refractivity contribution in [2.75, 3.05) is 14.2 Å². The van der Waals surface area contributed by atoms with Crippen molar-refractivity contribution in [3.05, 3.63) is 17.2 Å². The van der Waals surface area contributed by atoms with Crippen LogP contribution in [0.2, 0.25) is 0 Å². The van der Waals surface area contributed by atoms with Crippen LogP contribution in [0.3, 0.4) is 0 Å². The molecule has 0 amide bonds. The molecule has 0 aliphatic rings. The van der Waals surface area contributed by atoms with Gasteiger partial charge in [0.15, 0.2) is 11.5 Å². The number of carbonyl (C=O) groups is 1. The third kappa shape index (κ3) is 2.17. The molecule has 1 unspecified atom stereocenters. The Labute approximate surface area is 103 Å². The van der Waals surface area contributed by atoms with Crippen LogP contribution in [0.25, 0.3) is 0 Å². The summed E-state index contributed by atoms with van der Waals surface area (Å²) in [4.78, 5) is 11.1. The molecular formula is C12H12O6. The van der Waals surface area contributed by atoms with Gasteiger partial charge in [0.05, 0.1) is 25.3 Å². The van der Waals surface area contributed by atoms with E-state index in [4.69, 9.17) is 21.0 Å². The van der Waals surface area contributed by atoms with Gasteiger partial charge in [-0.15, -0.1) is 6.42 Å². The second kappa shape index (κ2) is 5.29. The molecular weight excluding hydrogens is 240 g/mol. The van der Waals surface area contributed by atoms with Gasteiger partial charge >= 0.3 is 5.97 Å². The number of ether oxygens (including phenoxy) is 2. The summed E-state index contributed by atoms with van der Waals surface area (Å²) in [5.74, 6) is -0.0797. The van der Waals surface area contributed by atoms with E-state index in [1.165, 1.54) is 14.2 Å². The number of terminal acetylenes is 1. The Morgan fingerprint density at radius 3 is 2.44 bits per heavy atom. The smallest absolute Gasteiger partial charge is 0.336 e. The summed E-state index contributed by atoms with van der Waals surface area (Å²) < 4.78 is 9.70. The lowest BCUT2D eigenvalue weighted by atomic mass is 10.00. The number of aromatic carboxylic acids is 1. The maximum atomic E-state index is 11.1. The SMILES string of the molecule is C#CC(O)c1c(C(=O)O)cc(OC)c(O)c1OC. The fourth-order valence-electron chi connectivity index (χ4n) is 1.53. The van der Waals surface area contributed by atoms with Crippen LogP contribution in [0.4, 0.5) is 0 Å². The minimum Gasteiger partial charge on any atom is -0.502 e. The van der Waals surface area contributed by atoms with Crippen molar-refractivity contribution in [1.82, 2.24) is 0 Å². The van der Waals surface area contributed by atoms with Crippen LogP contribution in [0.15, 0.2) is 6.07 Å². The molecule has 1 atom stereocenters. The number of carboxylic acids is 1. The molecule has 0 fully saturated rings. The Hall–Kier alpha value is -2.39. The van der Waals surface area contributed by atoms with E-state index in [1.807, 2.05) is 5.92 Å². The van der Waals surface area contributed by atoms with Gasteiger partial charge in [0.2, 0.25) is 5.75 Å². The average molecular weight is 252 g/mol. The van der Waals surface area contributed by atoms with Gasteiger partial charge in [-0.25, -0.2) is 4.79 Å². The van der Waals surface area contributed by atoms with Crippen molar-refractivity contribution in [2.24, 2.45) is 0 Å². The lowest BCUT2D eigenvalue weighted by molar-refractivity contribution is 0.0690. The molecule has 0 radical (unpaired) electrons. The third-order valence-electron chi connectivity index (χ3n) is 2.34. The van der Waals surface area contributed by atoms with E-state index in [0.29, 0.717) is 0 Å². The quantitative estimate of drug-likeness (QED) is 0.685. The van der Waals surface area contributed by atoms with Gasteiger partial charge in [0.25, 0.3) is 0 Å². The summed E-state index contributed by atoms with van der Waals surface area (Å²) in [6, 6.07) is 1.07. The molecule has 0 saturated carbocycles. The predicted octanol–water partition coefficient (Wildman–Crippen LogP) is 0.774. The predicted molar refractivity (Wildman–Crippen MR) is 62.0 cm³/mol. The van der Waals surface area contributed by atoms with Gasteiger partial charge in [-0.1, -0.05) is 5.92 Å². The van der Waals surface area contributed by atoms with Gasteiger partial charge in [-0.2, -0.15) is 0 Å². The molecule has 18 heavy (non-hydrogen) atoms. The fraction of sp³-hybridized carbons (Fsp3) is 0.250. The highest BCUT2D eigenvalue weighted by Crippen LogP contribution is 2.43. The Morgan fingerprint density at radius 1 is 1.44 bits per heavy atom. The van der Waals surface area contributed by atoms with Crippen molar-refractivity contribution < 1.29 is 29.6 Å². The van der Waals surface area contributed by atoms with Crippen molar-refractivity contribution in [3.8, 4) is 29.6 Å². The second-order valence-electron chi connectivity index (χ2n) is 3.30. The first-order chi connectivity index (χ1) is 8.47. The zero-order chi connectivity index (χ0) is 13.9. The number of phenols is 1. The van der Waals surface area contributed by atoms with Crippen molar-refractivity contribution in [2.45, 2.75) is 6.10 Å². The molecule has 0 heterocycles. The first kappa shape index (κ1) is 13.7. The first-order valence-corrected chi connectivity index (χ1v) is 4.83. The Kier molecular flexibility index (Phi) is 4.02. The zero-order valence-corrected chi connectivity index (χ0v) is 9.80. The molecule has 3 N–H and O–H groups in total. The van der Waals surface area contributed by atoms with E-state index in [9.17, 15) is 15.0 Å². The molecule has 0 aromatic heterocycles. The number of hydrogen-bond donors (Lipinski definition) is 3. The first-order valence-electron chi connectivity index (χ1n) is 4.83. The van der Waals surface area contributed by atoms with Crippen LogP contribution in [-0.4, -0.2) is 35.5 Å². The largest absolute Gasteiger partial charge is 0.502 e. The lowest BCUT2D eigenvalue weighted by Gasteiger charge is -2.17. The van der Waals surface area contributed by atoms with Crippen LogP contribution in [-0.2, 0) is 0 Å². The standard InChI is InChI=1S/C12H12O6/c1-4-7(13)9-6(12(15)16)5-8(17-2)10(14)11(9)18-3/h1,5,7,13-14H,2-3H3,(H,15,16). The van der Waals surface area contributed by atoms with Gasteiger partial charge in [-0.3, -0.25) is 0 Å². The molecule has 96 valence electrons. The summed E-state index contributed by atoms with van der Waals surface area (Å²) in [7, 11) is 2.48. The van der Waals surface area contributed by atoms with Gasteiger partial charge in [-0.05, 0) is 6.07 Å². The van der Waals surface area contributed by atoms with Crippen molar-refractivity contribution in [3.63, 3.8) is 0 Å². The van der Waals surface area contributed by atoms with Gasteiger partial charge in [0, 0.05) is 0 Å². The molecule has 1 rings (SSSR count). The van der Waals surface area contributed by atoms with Crippen LogP contribution in [0, 0.1) is 12.3 Å². The number of hydrogen-bond acceptors (Lipinski definition) is 5. The molecule has 6 heteroatoms. The monoisotopic (exact) mass is 252 g/mol. The van der Waals surface area contributed by atoms with Crippen molar-refractivity contribution >= 4 is 5.97 Å². The summed E-state index contributed by atoms with van der Waals surface area (Å²) in [5, 5.41) is 28.5. The molecule has 0 spiro atoms. The van der Waals surface area contributed by atoms with E-state index in [1.54, 1.807) is 0 Å². The summed E-state index contributed by atoms with van der Waals surface area (Å²) in [6.45, 7) is 0. The Balaban J connectivity index is 3.69. The number of carboxylic acid groups (broad SMARTS) is 1. The highest BCUT2D eigenvalue weighted by atomic mass is 16.5. The van der Waals surface area contributed by atoms with Gasteiger partial charge in [0.1, 0.15) is 6.10 Å². The number of aliphatic hydroxyl groups is 1. The number of benzene rings is 1. The van der Waals surface area contributed by atoms with Crippen LogP contribution in [0.5, 0.6) is 17.2 Å². The number of methoxy groups -OCH3 is 2. The summed E-state index contributed by atoms with van der Waals surface area (Å²) in [6.07, 6.45) is 3.54. The molecule has 6 nitrogen and oxygen atoms in total. The van der Waals surface area contributed by atoms with E-state index >= 15 is 0 Å². The molecule has 1 aromatic rings. The summed E-state index contributed by atoms with van der Waals surface area (Å²) in [5.41, 5.74) is -0.488. The maximum absolute atomic E-state index is 11.1. The Bertz CT molecular complexity index is 514. The van der Waals surface area contributed by atoms with E-state index in [2.05, 4.69) is 0 Å². The number of aliphatic hydroxyl groups excluding tert-OH is 1. The van der Waals surface area contributed by atoms with Crippen LogP contribution >= 0.6 is 0 Å². The molecule has 0 aliphatic carbocycles. The minimum atomic E-state index is -1.51. The molecule has 0 bridgehead atoms. The zero-order valence-electron chi connectivity index (χ0n) is 9.80. The topological polar surface area (TPSA) is 96.2 Å². The summed E-state index contributed by atoms with van der Waals surface area (Å²) >= 11 is 0. The lowest BCUT2D eigenvalue weighted by Crippen LogP contribution is -2.09. The van der Waals surface area contributed by atoms with E-state index in [-0.39, 0.29) is 22.6 Å². The number of aromatic hydroxyl groups is 1.